The zero-order valence-corrected chi connectivity index (χ0v) is 8.74. The van der Waals surface area contributed by atoms with Crippen molar-refractivity contribution in [1.82, 2.24) is 4.90 Å². The maximum Gasteiger partial charge on any atom is 0.673 e. The Morgan fingerprint density at radius 3 is 1.93 bits per heavy atom. The minimum absolute atomic E-state index is 0.745. The molecule has 0 saturated carbocycles. The van der Waals surface area contributed by atoms with E-state index >= 15 is 0 Å². The van der Waals surface area contributed by atoms with Gasteiger partial charge >= 0.3 is 7.25 Å². The summed E-state index contributed by atoms with van der Waals surface area (Å²) in [5, 5.41) is 0. The zero-order valence-electron chi connectivity index (χ0n) is 8.74. The average molecular weight is 216 g/mol. The van der Waals surface area contributed by atoms with Gasteiger partial charge in [-0.2, -0.15) is 0 Å². The summed E-state index contributed by atoms with van der Waals surface area (Å²) in [6.07, 6.45) is 0.745. The molecule has 1 rings (SSSR count). The van der Waals surface area contributed by atoms with Crippen LogP contribution in [0.1, 0.15) is 13.8 Å². The Bertz CT molecular complexity index is 158. The molecule has 2 atom stereocenters. The summed E-state index contributed by atoms with van der Waals surface area (Å²) in [7, 11) is -3.80. The van der Waals surface area contributed by atoms with Crippen LogP contribution in [0.25, 0.3) is 0 Å². The molecular formula is C7H17BF4N2. The van der Waals surface area contributed by atoms with Crippen molar-refractivity contribution in [3.8, 4) is 0 Å². The summed E-state index contributed by atoms with van der Waals surface area (Å²) < 4.78 is 39.0. The number of nitrogens with one attached hydrogen (secondary N) is 1. The van der Waals surface area contributed by atoms with E-state index in [1.54, 1.807) is 4.90 Å². The van der Waals surface area contributed by atoms with Crippen molar-refractivity contribution in [1.29, 1.82) is 0 Å². The Morgan fingerprint density at radius 1 is 1.36 bits per heavy atom. The minimum Gasteiger partial charge on any atom is -0.418 e. The first-order valence-corrected chi connectivity index (χ1v) is 4.67. The number of rotatable bonds is 1. The van der Waals surface area contributed by atoms with Crippen molar-refractivity contribution >= 4 is 7.25 Å². The molecular weight excluding hydrogens is 199 g/mol. The van der Waals surface area contributed by atoms with Gasteiger partial charge in [0.2, 0.25) is 0 Å². The predicted molar refractivity (Wildman–Crippen MR) is 48.6 cm³/mol. The quantitative estimate of drug-likeness (QED) is 0.495. The first-order valence-electron chi connectivity index (χ1n) is 4.67. The van der Waals surface area contributed by atoms with Gasteiger partial charge in [0.25, 0.3) is 0 Å². The van der Waals surface area contributed by atoms with Crippen molar-refractivity contribution in [3.05, 3.63) is 0 Å². The second kappa shape index (κ2) is 5.55. The number of nitrogens with zero attached hydrogens (tertiary/aromatic N) is 1. The molecule has 0 aromatic carbocycles. The van der Waals surface area contributed by atoms with E-state index in [9.17, 15) is 17.3 Å². The SMILES string of the molecule is CC[NH+]1CCN(C)C1C.F[B-](F)(F)F. The molecule has 0 aromatic rings. The Hall–Kier alpha value is -0.295. The van der Waals surface area contributed by atoms with Gasteiger partial charge in [0, 0.05) is 6.92 Å². The highest BCUT2D eigenvalue weighted by molar-refractivity contribution is 6.50. The average Bonchev–Trinajstić information content (AvgIpc) is 2.30. The molecule has 1 fully saturated rings. The Morgan fingerprint density at radius 2 is 1.79 bits per heavy atom. The summed E-state index contributed by atoms with van der Waals surface area (Å²) in [5.74, 6) is 0. The fourth-order valence-electron chi connectivity index (χ4n) is 1.51. The van der Waals surface area contributed by atoms with Gasteiger partial charge < -0.3 is 22.2 Å². The maximum atomic E-state index is 9.75. The summed E-state index contributed by atoms with van der Waals surface area (Å²) in [5.41, 5.74) is 0. The Kier molecular flexibility index (Phi) is 5.44. The Labute approximate surface area is 82.0 Å². The smallest absolute Gasteiger partial charge is 0.418 e. The number of hydrogen-bond acceptors (Lipinski definition) is 1. The lowest BCUT2D eigenvalue weighted by Gasteiger charge is -2.18. The number of halogens is 4. The van der Waals surface area contributed by atoms with Gasteiger partial charge in [-0.25, -0.2) is 0 Å². The third-order valence-electron chi connectivity index (χ3n) is 2.49. The maximum absolute atomic E-state index is 9.75. The van der Waals surface area contributed by atoms with Gasteiger partial charge in [-0.1, -0.05) is 0 Å². The van der Waals surface area contributed by atoms with E-state index in [1.165, 1.54) is 19.6 Å². The molecule has 1 aliphatic rings. The van der Waals surface area contributed by atoms with Crippen molar-refractivity contribution in [3.63, 3.8) is 0 Å². The lowest BCUT2D eigenvalue weighted by atomic mass is 10.3. The first kappa shape index (κ1) is 13.7. The van der Waals surface area contributed by atoms with Crippen LogP contribution in [-0.2, 0) is 0 Å². The molecule has 0 amide bonds. The van der Waals surface area contributed by atoms with Crippen LogP contribution >= 0.6 is 0 Å². The summed E-state index contributed by atoms with van der Waals surface area (Å²) in [6, 6.07) is 0. The highest BCUT2D eigenvalue weighted by Gasteiger charge is 2.26. The second-order valence-electron chi connectivity index (χ2n) is 3.41. The standard InChI is InChI=1S/C7H16N2.BF4/c1-4-9-6-5-8(3)7(9)2;2-1(3,4)5/h7H,4-6H2,1-3H3;/q;-1/p+1. The van der Waals surface area contributed by atoms with Gasteiger partial charge in [0.05, 0.1) is 19.6 Å². The molecule has 7 heteroatoms. The highest BCUT2D eigenvalue weighted by Crippen LogP contribution is 2.06. The van der Waals surface area contributed by atoms with Crippen LogP contribution in [0.2, 0.25) is 0 Å². The molecule has 1 aliphatic heterocycles. The molecule has 1 saturated heterocycles. The molecule has 2 nitrogen and oxygen atoms in total. The van der Waals surface area contributed by atoms with Crippen LogP contribution in [-0.4, -0.2) is 45.0 Å². The zero-order chi connectivity index (χ0) is 11.4. The minimum atomic E-state index is -6.00. The molecule has 1 heterocycles. The highest BCUT2D eigenvalue weighted by atomic mass is 19.5. The molecule has 0 bridgehead atoms. The van der Waals surface area contributed by atoms with Crippen LogP contribution in [0.4, 0.5) is 17.3 Å². The van der Waals surface area contributed by atoms with Crippen molar-refractivity contribution in [2.45, 2.75) is 20.0 Å². The molecule has 0 aromatic heterocycles. The molecule has 14 heavy (non-hydrogen) atoms. The van der Waals surface area contributed by atoms with E-state index in [0.29, 0.717) is 0 Å². The normalized spacial score (nSPS) is 28.5. The summed E-state index contributed by atoms with van der Waals surface area (Å²) in [6.45, 7) is 8.42. The van der Waals surface area contributed by atoms with E-state index in [2.05, 4.69) is 25.8 Å². The second-order valence-corrected chi connectivity index (χ2v) is 3.41. The molecule has 0 spiro atoms. The van der Waals surface area contributed by atoms with Gasteiger partial charge in [0.15, 0.2) is 0 Å². The van der Waals surface area contributed by atoms with Crippen molar-refractivity contribution in [2.75, 3.05) is 26.7 Å². The van der Waals surface area contributed by atoms with E-state index in [-0.39, 0.29) is 0 Å². The molecule has 2 unspecified atom stereocenters. The van der Waals surface area contributed by atoms with E-state index in [1.807, 2.05) is 0 Å². The predicted octanol–water partition coefficient (Wildman–Crippen LogP) is 0.483. The van der Waals surface area contributed by atoms with Crippen LogP contribution in [0, 0.1) is 0 Å². The third-order valence-corrected chi connectivity index (χ3v) is 2.49. The monoisotopic (exact) mass is 216 g/mol. The number of likely N-dealkylation sites (N-methyl/N-ethyl adjacent to an activating group) is 2. The fraction of sp³-hybridized carbons (Fsp3) is 1.00. The van der Waals surface area contributed by atoms with E-state index in [4.69, 9.17) is 0 Å². The fourth-order valence-corrected chi connectivity index (χ4v) is 1.51. The van der Waals surface area contributed by atoms with Crippen LogP contribution < -0.4 is 4.90 Å². The Balaban J connectivity index is 0.000000292. The largest absolute Gasteiger partial charge is 0.673 e. The van der Waals surface area contributed by atoms with Crippen LogP contribution in [0.15, 0.2) is 0 Å². The topological polar surface area (TPSA) is 7.68 Å². The summed E-state index contributed by atoms with van der Waals surface area (Å²) >= 11 is 0. The van der Waals surface area contributed by atoms with Crippen LogP contribution in [0.3, 0.4) is 0 Å². The third kappa shape index (κ3) is 6.20. The van der Waals surface area contributed by atoms with E-state index < -0.39 is 7.25 Å². The molecule has 86 valence electrons. The summed E-state index contributed by atoms with van der Waals surface area (Å²) in [4.78, 5) is 4.14. The first-order chi connectivity index (χ1) is 6.25. The van der Waals surface area contributed by atoms with Gasteiger partial charge in [0.1, 0.15) is 6.17 Å². The van der Waals surface area contributed by atoms with Gasteiger partial charge in [-0.3, -0.25) is 4.90 Å². The van der Waals surface area contributed by atoms with Gasteiger partial charge in [-0.15, -0.1) is 0 Å². The lowest BCUT2D eigenvalue weighted by molar-refractivity contribution is -0.914. The molecule has 1 N–H and O–H groups in total. The van der Waals surface area contributed by atoms with Gasteiger partial charge in [-0.05, 0) is 14.0 Å². The van der Waals surface area contributed by atoms with E-state index in [0.717, 1.165) is 6.17 Å². The number of hydrogen-bond donors (Lipinski definition) is 1. The van der Waals surface area contributed by atoms with Crippen molar-refractivity contribution in [2.24, 2.45) is 0 Å². The van der Waals surface area contributed by atoms with Crippen LogP contribution in [0.5, 0.6) is 0 Å². The number of quaternary nitrogens is 1. The molecule has 0 radical (unpaired) electrons. The molecule has 0 aliphatic carbocycles. The lowest BCUT2D eigenvalue weighted by Crippen LogP contribution is -3.13. The van der Waals surface area contributed by atoms with Crippen molar-refractivity contribution < 1.29 is 22.2 Å².